The van der Waals surface area contributed by atoms with Crippen LogP contribution in [0.1, 0.15) is 28.6 Å². The van der Waals surface area contributed by atoms with Gasteiger partial charge in [-0.2, -0.15) is 0 Å². The maximum absolute atomic E-state index is 11.3. The highest BCUT2D eigenvalue weighted by Crippen LogP contribution is 2.37. The molecular weight excluding hydrogens is 292 g/mol. The van der Waals surface area contributed by atoms with Crippen molar-refractivity contribution < 1.29 is 14.5 Å². The molecule has 0 aliphatic heterocycles. The number of hydrogen-bond donors (Lipinski definition) is 0. The van der Waals surface area contributed by atoms with Gasteiger partial charge in [-0.1, -0.05) is 11.3 Å². The van der Waals surface area contributed by atoms with Crippen molar-refractivity contribution >= 4 is 22.8 Å². The summed E-state index contributed by atoms with van der Waals surface area (Å²) >= 11 is 1.02. The smallest absolute Gasteiger partial charge is 0.323 e. The molecule has 0 N–H and O–H groups in total. The van der Waals surface area contributed by atoms with Crippen LogP contribution in [0.15, 0.2) is 30.6 Å². The summed E-state index contributed by atoms with van der Waals surface area (Å²) in [6.07, 6.45) is 4.98. The number of hydrogen-bond acceptors (Lipinski definition) is 6. The van der Waals surface area contributed by atoms with E-state index in [-0.39, 0.29) is 16.5 Å². The van der Waals surface area contributed by atoms with Crippen LogP contribution in [0.3, 0.4) is 0 Å². The average Bonchev–Trinajstić information content (AvgIpc) is 2.89. The van der Waals surface area contributed by atoms with Gasteiger partial charge in [-0.3, -0.25) is 19.9 Å². The van der Waals surface area contributed by atoms with Crippen LogP contribution < -0.4 is 4.74 Å². The number of pyridine rings is 1. The van der Waals surface area contributed by atoms with Crippen molar-refractivity contribution in [2.75, 3.05) is 6.61 Å². The molecule has 0 saturated heterocycles. The topological polar surface area (TPSA) is 82.3 Å². The van der Waals surface area contributed by atoms with E-state index in [0.29, 0.717) is 11.5 Å². The van der Waals surface area contributed by atoms with E-state index in [1.807, 2.05) is 12.1 Å². The zero-order valence-electron chi connectivity index (χ0n) is 11.4. The fraction of sp³-hybridized carbons (Fsp3) is 0.286. The highest BCUT2D eigenvalue weighted by atomic mass is 32.1. The zero-order valence-corrected chi connectivity index (χ0v) is 12.3. The lowest BCUT2D eigenvalue weighted by Gasteiger charge is -2.03. The van der Waals surface area contributed by atoms with Crippen LogP contribution in [0.5, 0.6) is 5.06 Å². The average molecular weight is 306 g/mol. The van der Waals surface area contributed by atoms with Crippen molar-refractivity contribution in [3.63, 3.8) is 0 Å². The first-order chi connectivity index (χ1) is 10.1. The normalized spacial score (nSPS) is 10.3. The number of Topliss-reactive ketones (excluding diaryl/α,β-unsaturated/α-hetero) is 1. The van der Waals surface area contributed by atoms with Gasteiger partial charge < -0.3 is 4.74 Å². The lowest BCUT2D eigenvalue weighted by molar-refractivity contribution is -0.385. The summed E-state index contributed by atoms with van der Waals surface area (Å²) < 4.78 is 5.46. The van der Waals surface area contributed by atoms with E-state index in [4.69, 9.17) is 4.74 Å². The molecule has 2 aromatic heterocycles. The van der Waals surface area contributed by atoms with Gasteiger partial charge in [0.05, 0.1) is 16.4 Å². The molecule has 0 fully saturated rings. The minimum Gasteiger partial charge on any atom is -0.479 e. The summed E-state index contributed by atoms with van der Waals surface area (Å²) in [5.74, 6) is -0.199. The van der Waals surface area contributed by atoms with Gasteiger partial charge >= 0.3 is 5.69 Å². The molecule has 0 atom stereocenters. The largest absolute Gasteiger partial charge is 0.479 e. The predicted octanol–water partition coefficient (Wildman–Crippen LogP) is 3.27. The third-order valence-corrected chi connectivity index (χ3v) is 3.95. The summed E-state index contributed by atoms with van der Waals surface area (Å²) in [5.41, 5.74) is 0.993. The van der Waals surface area contributed by atoms with E-state index in [2.05, 4.69) is 4.98 Å². The Hall–Kier alpha value is -2.28. The minimum atomic E-state index is -0.527. The lowest BCUT2D eigenvalue weighted by Crippen LogP contribution is -2.00. The van der Waals surface area contributed by atoms with Crippen LogP contribution in [-0.2, 0) is 6.42 Å². The van der Waals surface area contributed by atoms with Crippen molar-refractivity contribution in [1.82, 2.24) is 4.98 Å². The SMILES string of the molecule is CC(=O)c1cc([N+](=O)[O-])c(OCCCc2ccncc2)s1. The molecule has 0 unspecified atom stereocenters. The summed E-state index contributed by atoms with van der Waals surface area (Å²) in [6.45, 7) is 1.74. The number of carbonyl (C=O) groups excluding carboxylic acids is 1. The van der Waals surface area contributed by atoms with Gasteiger partial charge in [-0.25, -0.2) is 0 Å². The van der Waals surface area contributed by atoms with Crippen molar-refractivity contribution in [3.05, 3.63) is 51.1 Å². The number of nitro groups is 1. The molecule has 21 heavy (non-hydrogen) atoms. The van der Waals surface area contributed by atoms with Gasteiger partial charge in [0.1, 0.15) is 0 Å². The Kier molecular flexibility index (Phi) is 4.99. The number of carbonyl (C=O) groups is 1. The molecule has 2 aromatic rings. The van der Waals surface area contributed by atoms with E-state index in [1.54, 1.807) is 12.4 Å². The molecule has 7 heteroatoms. The van der Waals surface area contributed by atoms with E-state index in [1.165, 1.54) is 13.0 Å². The molecule has 2 heterocycles. The van der Waals surface area contributed by atoms with Gasteiger partial charge in [0.15, 0.2) is 5.78 Å². The molecule has 2 rings (SSSR count). The van der Waals surface area contributed by atoms with Crippen molar-refractivity contribution in [2.24, 2.45) is 0 Å². The second-order valence-electron chi connectivity index (χ2n) is 4.40. The van der Waals surface area contributed by atoms with Gasteiger partial charge in [0.25, 0.3) is 5.06 Å². The maximum atomic E-state index is 11.3. The first-order valence-electron chi connectivity index (χ1n) is 6.39. The van der Waals surface area contributed by atoms with Crippen molar-refractivity contribution in [3.8, 4) is 5.06 Å². The molecule has 0 radical (unpaired) electrons. The quantitative estimate of drug-likeness (QED) is 0.339. The number of nitrogens with zero attached hydrogens (tertiary/aromatic N) is 2. The summed E-state index contributed by atoms with van der Waals surface area (Å²) in [6, 6.07) is 5.11. The summed E-state index contributed by atoms with van der Waals surface area (Å²) in [4.78, 5) is 25.9. The van der Waals surface area contributed by atoms with E-state index in [0.717, 1.165) is 29.7 Å². The van der Waals surface area contributed by atoms with Gasteiger partial charge in [0, 0.05) is 18.5 Å². The predicted molar refractivity (Wildman–Crippen MR) is 79.0 cm³/mol. The Morgan fingerprint density at radius 3 is 2.76 bits per heavy atom. The number of rotatable bonds is 7. The maximum Gasteiger partial charge on any atom is 0.323 e. The Labute approximate surface area is 125 Å². The van der Waals surface area contributed by atoms with Crippen molar-refractivity contribution in [1.29, 1.82) is 0 Å². The van der Waals surface area contributed by atoms with E-state index >= 15 is 0 Å². The minimum absolute atomic E-state index is 0.144. The summed E-state index contributed by atoms with van der Waals surface area (Å²) in [5, 5.41) is 11.1. The van der Waals surface area contributed by atoms with Crippen LogP contribution >= 0.6 is 11.3 Å². The van der Waals surface area contributed by atoms with Crippen LogP contribution in [-0.4, -0.2) is 22.3 Å². The molecule has 0 aromatic carbocycles. The molecule has 0 bridgehead atoms. The first-order valence-corrected chi connectivity index (χ1v) is 7.20. The van der Waals surface area contributed by atoms with E-state index < -0.39 is 4.92 Å². The molecule has 0 spiro atoms. The second kappa shape index (κ2) is 6.94. The number of ketones is 1. The number of aromatic nitrogens is 1. The fourth-order valence-electron chi connectivity index (χ4n) is 1.76. The fourth-order valence-corrected chi connectivity index (χ4v) is 2.65. The number of ether oxygens (including phenoxy) is 1. The molecule has 110 valence electrons. The van der Waals surface area contributed by atoms with Crippen LogP contribution in [0.25, 0.3) is 0 Å². The Bertz CT molecular complexity index is 640. The molecule has 6 nitrogen and oxygen atoms in total. The zero-order chi connectivity index (χ0) is 15.2. The molecule has 0 aliphatic carbocycles. The van der Waals surface area contributed by atoms with Gasteiger partial charge in [-0.15, -0.1) is 0 Å². The van der Waals surface area contributed by atoms with Crippen molar-refractivity contribution in [2.45, 2.75) is 19.8 Å². The Balaban J connectivity index is 1.93. The Morgan fingerprint density at radius 2 is 2.14 bits per heavy atom. The monoisotopic (exact) mass is 306 g/mol. The highest BCUT2D eigenvalue weighted by Gasteiger charge is 2.22. The first kappa shape index (κ1) is 15.1. The van der Waals surface area contributed by atoms with Gasteiger partial charge in [-0.05, 0) is 37.5 Å². The van der Waals surface area contributed by atoms with Crippen LogP contribution in [0, 0.1) is 10.1 Å². The van der Waals surface area contributed by atoms with E-state index in [9.17, 15) is 14.9 Å². The van der Waals surface area contributed by atoms with Crippen LogP contribution in [0.2, 0.25) is 0 Å². The second-order valence-corrected chi connectivity index (χ2v) is 5.42. The molecule has 0 aliphatic rings. The lowest BCUT2D eigenvalue weighted by atomic mass is 10.1. The molecular formula is C14H14N2O4S. The van der Waals surface area contributed by atoms with Gasteiger partial charge in [0.2, 0.25) is 0 Å². The third-order valence-electron chi connectivity index (χ3n) is 2.82. The van der Waals surface area contributed by atoms with Crippen LogP contribution in [0.4, 0.5) is 5.69 Å². The Morgan fingerprint density at radius 1 is 1.43 bits per heavy atom. The highest BCUT2D eigenvalue weighted by molar-refractivity contribution is 7.16. The standard InChI is InChI=1S/C14H14N2O4S/c1-10(17)13-9-12(16(18)19)14(21-13)20-8-2-3-11-4-6-15-7-5-11/h4-7,9H,2-3,8H2,1H3. The molecule has 0 amide bonds. The summed E-state index contributed by atoms with van der Waals surface area (Å²) in [7, 11) is 0. The number of aryl methyl sites for hydroxylation is 1. The molecule has 0 saturated carbocycles. The number of thiophene rings is 1. The third kappa shape index (κ3) is 4.09.